The lowest BCUT2D eigenvalue weighted by molar-refractivity contribution is -0.116. The number of rotatable bonds is 7. The van der Waals surface area contributed by atoms with Crippen LogP contribution in [0.1, 0.15) is 28.8 Å². The Labute approximate surface area is 169 Å². The average molecular weight is 409 g/mol. The van der Waals surface area contributed by atoms with Crippen LogP contribution in [0.5, 0.6) is 5.75 Å². The summed E-state index contributed by atoms with van der Waals surface area (Å²) in [5.41, 5.74) is 1.82. The minimum Gasteiger partial charge on any atom is -0.494 e. The third-order valence-electron chi connectivity index (χ3n) is 3.83. The molecular formula is C20H22Cl2N2O3. The highest BCUT2D eigenvalue weighted by atomic mass is 35.5. The van der Waals surface area contributed by atoms with Crippen molar-refractivity contribution in [3.63, 3.8) is 0 Å². The lowest BCUT2D eigenvalue weighted by Gasteiger charge is -2.13. The van der Waals surface area contributed by atoms with E-state index in [1.54, 1.807) is 44.4 Å². The number of halogens is 2. The molecule has 0 heterocycles. The number of carbonyl (C=O) groups is 2. The number of ether oxygens (including phenoxy) is 1. The Kier molecular flexibility index (Phi) is 7.51. The first-order chi connectivity index (χ1) is 12.8. The van der Waals surface area contributed by atoms with Gasteiger partial charge in [-0.3, -0.25) is 9.59 Å². The Balaban J connectivity index is 1.84. The van der Waals surface area contributed by atoms with Crippen LogP contribution in [-0.2, 0) is 4.79 Å². The Hall–Kier alpha value is -2.24. The molecule has 0 bridgehead atoms. The van der Waals surface area contributed by atoms with Gasteiger partial charge in [0.25, 0.3) is 5.91 Å². The number of amides is 2. The van der Waals surface area contributed by atoms with E-state index in [0.29, 0.717) is 40.7 Å². The molecule has 2 amide bonds. The van der Waals surface area contributed by atoms with Crippen LogP contribution in [0.3, 0.4) is 0 Å². The summed E-state index contributed by atoms with van der Waals surface area (Å²) >= 11 is 12.0. The van der Waals surface area contributed by atoms with Crippen LogP contribution in [0.25, 0.3) is 0 Å². The van der Waals surface area contributed by atoms with Crippen molar-refractivity contribution >= 4 is 40.7 Å². The number of benzene rings is 2. The minimum atomic E-state index is -0.220. The Morgan fingerprint density at radius 3 is 2.44 bits per heavy atom. The predicted molar refractivity (Wildman–Crippen MR) is 109 cm³/mol. The molecular weight excluding hydrogens is 387 g/mol. The molecule has 144 valence electrons. The van der Waals surface area contributed by atoms with Crippen LogP contribution in [0, 0.1) is 6.92 Å². The second-order valence-electron chi connectivity index (χ2n) is 6.31. The number of aryl methyl sites for hydroxylation is 1. The van der Waals surface area contributed by atoms with Crippen LogP contribution < -0.4 is 10.1 Å². The fraction of sp³-hybridized carbons (Fsp3) is 0.300. The smallest absolute Gasteiger partial charge is 0.254 e. The van der Waals surface area contributed by atoms with Crippen molar-refractivity contribution < 1.29 is 14.3 Å². The highest BCUT2D eigenvalue weighted by molar-refractivity contribution is 6.34. The van der Waals surface area contributed by atoms with Crippen LogP contribution in [0.2, 0.25) is 10.0 Å². The second kappa shape index (κ2) is 9.62. The molecule has 2 aromatic rings. The summed E-state index contributed by atoms with van der Waals surface area (Å²) in [5, 5.41) is 3.81. The lowest BCUT2D eigenvalue weighted by Crippen LogP contribution is -2.22. The number of nitrogens with zero attached hydrogens (tertiary/aromatic N) is 1. The quantitative estimate of drug-likeness (QED) is 0.669. The van der Waals surface area contributed by atoms with Crippen molar-refractivity contribution in [1.29, 1.82) is 0 Å². The van der Waals surface area contributed by atoms with Crippen molar-refractivity contribution in [3.8, 4) is 5.75 Å². The third kappa shape index (κ3) is 6.15. The van der Waals surface area contributed by atoms with Crippen LogP contribution >= 0.6 is 23.2 Å². The molecule has 0 aliphatic carbocycles. The highest BCUT2D eigenvalue weighted by Gasteiger charge is 2.14. The van der Waals surface area contributed by atoms with Crippen molar-refractivity contribution in [2.45, 2.75) is 19.8 Å². The molecule has 0 radical (unpaired) electrons. The summed E-state index contributed by atoms with van der Waals surface area (Å²) in [4.78, 5) is 25.6. The number of anilines is 1. The van der Waals surface area contributed by atoms with Crippen molar-refractivity contribution in [2.75, 3.05) is 26.0 Å². The van der Waals surface area contributed by atoms with Gasteiger partial charge in [-0.15, -0.1) is 0 Å². The highest BCUT2D eigenvalue weighted by Crippen LogP contribution is 2.23. The molecule has 5 nitrogen and oxygen atoms in total. The first kappa shape index (κ1) is 21.1. The SMILES string of the molecule is Cc1cc(OCCCC(=O)Nc2ccc(Cl)c(C(=O)N(C)C)c2)ccc1Cl. The number of nitrogens with one attached hydrogen (secondary N) is 1. The summed E-state index contributed by atoms with van der Waals surface area (Å²) < 4.78 is 5.63. The third-order valence-corrected chi connectivity index (χ3v) is 4.59. The molecule has 0 atom stereocenters. The van der Waals surface area contributed by atoms with Crippen LogP contribution in [-0.4, -0.2) is 37.4 Å². The molecule has 0 spiro atoms. The Bertz CT molecular complexity index is 838. The van der Waals surface area contributed by atoms with Gasteiger partial charge in [-0.05, 0) is 55.3 Å². The zero-order chi connectivity index (χ0) is 20.0. The lowest BCUT2D eigenvalue weighted by atomic mass is 10.1. The van der Waals surface area contributed by atoms with E-state index in [2.05, 4.69) is 5.32 Å². The summed E-state index contributed by atoms with van der Waals surface area (Å²) in [6.45, 7) is 2.32. The van der Waals surface area contributed by atoms with Crippen LogP contribution in [0.15, 0.2) is 36.4 Å². The molecule has 2 aromatic carbocycles. The first-order valence-electron chi connectivity index (χ1n) is 8.48. The monoisotopic (exact) mass is 408 g/mol. The zero-order valence-electron chi connectivity index (χ0n) is 15.5. The fourth-order valence-electron chi connectivity index (χ4n) is 2.36. The van der Waals surface area contributed by atoms with E-state index in [9.17, 15) is 9.59 Å². The Morgan fingerprint density at radius 2 is 1.78 bits per heavy atom. The van der Waals surface area contributed by atoms with Crippen LogP contribution in [0.4, 0.5) is 5.69 Å². The predicted octanol–water partition coefficient (Wildman–Crippen LogP) is 4.80. The maximum atomic E-state index is 12.1. The molecule has 0 aromatic heterocycles. The van der Waals surface area contributed by atoms with Crippen molar-refractivity contribution in [3.05, 3.63) is 57.6 Å². The molecule has 27 heavy (non-hydrogen) atoms. The van der Waals surface area contributed by atoms with E-state index >= 15 is 0 Å². The average Bonchev–Trinajstić information content (AvgIpc) is 2.62. The number of hydrogen-bond acceptors (Lipinski definition) is 3. The summed E-state index contributed by atoms with van der Waals surface area (Å²) in [6, 6.07) is 10.3. The van der Waals surface area contributed by atoms with Gasteiger partial charge in [-0.25, -0.2) is 0 Å². The van der Waals surface area contributed by atoms with Gasteiger partial charge in [0, 0.05) is 31.2 Å². The maximum Gasteiger partial charge on any atom is 0.254 e. The summed E-state index contributed by atoms with van der Waals surface area (Å²) in [5.74, 6) is 0.348. The molecule has 0 saturated carbocycles. The van der Waals surface area contributed by atoms with E-state index in [4.69, 9.17) is 27.9 Å². The molecule has 2 rings (SSSR count). The van der Waals surface area contributed by atoms with Gasteiger partial charge < -0.3 is 15.0 Å². The fourth-order valence-corrected chi connectivity index (χ4v) is 2.68. The maximum absolute atomic E-state index is 12.1. The van der Waals surface area contributed by atoms with Gasteiger partial charge >= 0.3 is 0 Å². The molecule has 7 heteroatoms. The second-order valence-corrected chi connectivity index (χ2v) is 7.12. The number of hydrogen-bond donors (Lipinski definition) is 1. The topological polar surface area (TPSA) is 58.6 Å². The first-order valence-corrected chi connectivity index (χ1v) is 9.23. The molecule has 0 saturated heterocycles. The molecule has 0 aliphatic heterocycles. The van der Waals surface area contributed by atoms with E-state index in [1.165, 1.54) is 4.90 Å². The number of carbonyl (C=O) groups excluding carboxylic acids is 2. The van der Waals surface area contributed by atoms with Crippen molar-refractivity contribution in [2.24, 2.45) is 0 Å². The summed E-state index contributed by atoms with van der Waals surface area (Å²) in [6.07, 6.45) is 0.858. The summed E-state index contributed by atoms with van der Waals surface area (Å²) in [7, 11) is 3.29. The van der Waals surface area contributed by atoms with E-state index < -0.39 is 0 Å². The Morgan fingerprint density at radius 1 is 1.07 bits per heavy atom. The van der Waals surface area contributed by atoms with Gasteiger partial charge in [0.2, 0.25) is 5.91 Å². The van der Waals surface area contributed by atoms with E-state index in [-0.39, 0.29) is 11.8 Å². The van der Waals surface area contributed by atoms with Gasteiger partial charge in [-0.1, -0.05) is 23.2 Å². The largest absolute Gasteiger partial charge is 0.494 e. The van der Waals surface area contributed by atoms with Gasteiger partial charge in [0.05, 0.1) is 17.2 Å². The zero-order valence-corrected chi connectivity index (χ0v) is 17.0. The van der Waals surface area contributed by atoms with Gasteiger partial charge in [-0.2, -0.15) is 0 Å². The minimum absolute atomic E-state index is 0.156. The molecule has 1 N–H and O–H groups in total. The standard InChI is InChI=1S/C20H22Cl2N2O3/c1-13-11-15(7-9-17(13)21)27-10-4-5-19(25)23-14-6-8-18(22)16(12-14)20(26)24(2)3/h6-9,11-12H,4-5,10H2,1-3H3,(H,23,25). The van der Waals surface area contributed by atoms with E-state index in [1.807, 2.05) is 13.0 Å². The molecule has 0 fully saturated rings. The normalized spacial score (nSPS) is 10.4. The van der Waals surface area contributed by atoms with Crippen molar-refractivity contribution in [1.82, 2.24) is 4.90 Å². The molecule has 0 unspecified atom stereocenters. The molecule has 0 aliphatic rings. The van der Waals surface area contributed by atoms with Gasteiger partial charge in [0.1, 0.15) is 5.75 Å². The van der Waals surface area contributed by atoms with Gasteiger partial charge in [0.15, 0.2) is 0 Å². The van der Waals surface area contributed by atoms with E-state index in [0.717, 1.165) is 11.3 Å².